The fraction of sp³-hybridized carbons (Fsp3) is 0. The van der Waals surface area contributed by atoms with Crippen molar-refractivity contribution < 1.29 is 14.7 Å². The van der Waals surface area contributed by atoms with Crippen molar-refractivity contribution >= 4 is 11.8 Å². The Balaban J connectivity index is 2.31. The first kappa shape index (κ1) is 10.1. The second kappa shape index (κ2) is 3.98. The van der Waals surface area contributed by atoms with E-state index in [4.69, 9.17) is 5.11 Å². The highest BCUT2D eigenvalue weighted by Crippen LogP contribution is 2.08. The van der Waals surface area contributed by atoms with Crippen molar-refractivity contribution in [3.63, 3.8) is 0 Å². The Hall–Kier alpha value is -2.43. The topological polar surface area (TPSA) is 83.0 Å². The number of rotatable bonds is 3. The number of ketones is 1. The van der Waals surface area contributed by atoms with Crippen LogP contribution >= 0.6 is 0 Å². The molecule has 0 atom stereocenters. The van der Waals surface area contributed by atoms with E-state index >= 15 is 0 Å². The van der Waals surface area contributed by atoms with E-state index in [2.05, 4.69) is 9.97 Å². The molecular formula is C11H8N2O3. The number of aromatic amines is 1. The average Bonchev–Trinajstić information content (AvgIpc) is 2.78. The highest BCUT2D eigenvalue weighted by Gasteiger charge is 2.13. The van der Waals surface area contributed by atoms with Crippen LogP contribution in [0.3, 0.4) is 0 Å². The third-order valence-corrected chi connectivity index (χ3v) is 2.08. The highest BCUT2D eigenvalue weighted by molar-refractivity contribution is 6.08. The van der Waals surface area contributed by atoms with E-state index in [9.17, 15) is 9.59 Å². The number of hydrogen-bond donors (Lipinski definition) is 2. The number of carboxylic acids is 1. The van der Waals surface area contributed by atoms with Crippen LogP contribution in [0.25, 0.3) is 0 Å². The van der Waals surface area contributed by atoms with Gasteiger partial charge < -0.3 is 10.1 Å². The van der Waals surface area contributed by atoms with Crippen molar-refractivity contribution in [2.45, 2.75) is 0 Å². The molecule has 0 spiro atoms. The average molecular weight is 216 g/mol. The van der Waals surface area contributed by atoms with Crippen molar-refractivity contribution in [1.29, 1.82) is 0 Å². The maximum Gasteiger partial charge on any atom is 0.352 e. The number of carbonyl (C=O) groups is 2. The largest absolute Gasteiger partial charge is 0.477 e. The summed E-state index contributed by atoms with van der Waals surface area (Å²) in [6.45, 7) is 0. The number of aromatic nitrogens is 2. The molecule has 5 nitrogen and oxygen atoms in total. The monoisotopic (exact) mass is 216 g/mol. The molecule has 5 heteroatoms. The summed E-state index contributed by atoms with van der Waals surface area (Å²) in [5.41, 5.74) is 0.652. The molecule has 0 bridgehead atoms. The summed E-state index contributed by atoms with van der Waals surface area (Å²) in [4.78, 5) is 28.8. The van der Waals surface area contributed by atoms with Crippen molar-refractivity contribution in [3.8, 4) is 0 Å². The van der Waals surface area contributed by atoms with Gasteiger partial charge in [-0.3, -0.25) is 9.78 Å². The lowest BCUT2D eigenvalue weighted by atomic mass is 10.1. The summed E-state index contributed by atoms with van der Waals surface area (Å²) in [5, 5.41) is 8.70. The van der Waals surface area contributed by atoms with Gasteiger partial charge in [-0.25, -0.2) is 4.79 Å². The molecule has 0 saturated carbocycles. The number of carbonyl (C=O) groups excluding carboxylic acids is 1. The Bertz CT molecular complexity index is 531. The Kier molecular flexibility index (Phi) is 2.51. The molecule has 0 aliphatic heterocycles. The molecule has 2 rings (SSSR count). The minimum atomic E-state index is -1.09. The first-order valence-corrected chi connectivity index (χ1v) is 4.55. The molecule has 80 valence electrons. The molecule has 0 aromatic carbocycles. The molecule has 0 aliphatic rings. The summed E-state index contributed by atoms with van der Waals surface area (Å²) in [6, 6.07) is 6.07. The van der Waals surface area contributed by atoms with Gasteiger partial charge in [0.1, 0.15) is 5.69 Å². The predicted molar refractivity (Wildman–Crippen MR) is 55.4 cm³/mol. The van der Waals surface area contributed by atoms with Crippen LogP contribution in [-0.4, -0.2) is 26.8 Å². The van der Waals surface area contributed by atoms with Gasteiger partial charge in [-0.1, -0.05) is 0 Å². The third kappa shape index (κ3) is 1.83. The molecule has 2 aromatic rings. The zero-order valence-electron chi connectivity index (χ0n) is 8.18. The van der Waals surface area contributed by atoms with E-state index in [1.54, 1.807) is 18.3 Å². The van der Waals surface area contributed by atoms with Crippen LogP contribution in [0.4, 0.5) is 0 Å². The first-order chi connectivity index (χ1) is 7.68. The summed E-state index contributed by atoms with van der Waals surface area (Å²) >= 11 is 0. The fourth-order valence-electron chi connectivity index (χ4n) is 1.30. The maximum atomic E-state index is 11.8. The molecule has 0 fully saturated rings. The minimum Gasteiger partial charge on any atom is -0.477 e. The zero-order chi connectivity index (χ0) is 11.5. The number of nitrogens with one attached hydrogen (secondary N) is 1. The first-order valence-electron chi connectivity index (χ1n) is 4.55. The number of H-pyrrole nitrogens is 1. The molecule has 0 radical (unpaired) electrons. The Labute approximate surface area is 90.8 Å². The van der Waals surface area contributed by atoms with Crippen molar-refractivity contribution in [1.82, 2.24) is 9.97 Å². The molecule has 0 amide bonds. The Morgan fingerprint density at radius 3 is 2.50 bits per heavy atom. The third-order valence-electron chi connectivity index (χ3n) is 2.08. The van der Waals surface area contributed by atoms with Crippen LogP contribution < -0.4 is 0 Å². The van der Waals surface area contributed by atoms with Gasteiger partial charge in [0.25, 0.3) is 0 Å². The number of aromatic carboxylic acids is 1. The van der Waals surface area contributed by atoms with Crippen molar-refractivity contribution in [3.05, 3.63) is 53.6 Å². The van der Waals surface area contributed by atoms with Crippen LogP contribution in [0.1, 0.15) is 26.5 Å². The van der Waals surface area contributed by atoms with Crippen LogP contribution in [-0.2, 0) is 0 Å². The van der Waals surface area contributed by atoms with Gasteiger partial charge >= 0.3 is 5.97 Å². The standard InChI is InChI=1S/C11H8N2O3/c14-10(7-2-1-5-12-6-7)8-3-4-9(13-8)11(15)16/h1-6,13H,(H,15,16). The maximum absolute atomic E-state index is 11.8. The number of carboxylic acid groups (broad SMARTS) is 1. The Morgan fingerprint density at radius 2 is 1.94 bits per heavy atom. The molecule has 0 saturated heterocycles. The van der Waals surface area contributed by atoms with E-state index in [0.29, 0.717) is 5.56 Å². The quantitative estimate of drug-likeness (QED) is 0.758. The summed E-state index contributed by atoms with van der Waals surface area (Å²) < 4.78 is 0. The predicted octanol–water partition coefficient (Wildman–Crippen LogP) is 1.34. The normalized spacial score (nSPS) is 10.0. The summed E-state index contributed by atoms with van der Waals surface area (Å²) in [7, 11) is 0. The van der Waals surface area contributed by atoms with Crippen LogP contribution in [0.5, 0.6) is 0 Å². The molecule has 16 heavy (non-hydrogen) atoms. The van der Waals surface area contributed by atoms with Crippen LogP contribution in [0.15, 0.2) is 36.7 Å². The molecular weight excluding hydrogens is 208 g/mol. The van der Waals surface area contributed by atoms with E-state index in [1.165, 1.54) is 18.3 Å². The molecule has 2 heterocycles. The van der Waals surface area contributed by atoms with Gasteiger partial charge in [0.05, 0.1) is 5.69 Å². The summed E-state index contributed by atoms with van der Waals surface area (Å²) in [5.74, 6) is -1.37. The zero-order valence-corrected chi connectivity index (χ0v) is 8.18. The lowest BCUT2D eigenvalue weighted by Gasteiger charge is -1.96. The lowest BCUT2D eigenvalue weighted by Crippen LogP contribution is -2.03. The molecule has 0 aliphatic carbocycles. The second-order valence-electron chi connectivity index (χ2n) is 3.16. The van der Waals surface area contributed by atoms with Crippen LogP contribution in [0.2, 0.25) is 0 Å². The van der Waals surface area contributed by atoms with Crippen molar-refractivity contribution in [2.75, 3.05) is 0 Å². The van der Waals surface area contributed by atoms with Gasteiger partial charge in [0, 0.05) is 18.0 Å². The fourth-order valence-corrected chi connectivity index (χ4v) is 1.30. The molecule has 0 unspecified atom stereocenters. The van der Waals surface area contributed by atoms with Gasteiger partial charge in [-0.2, -0.15) is 0 Å². The summed E-state index contributed by atoms with van der Waals surface area (Å²) in [6.07, 6.45) is 3.00. The molecule has 2 aromatic heterocycles. The number of nitrogens with zero attached hydrogens (tertiary/aromatic N) is 1. The van der Waals surface area contributed by atoms with E-state index < -0.39 is 5.97 Å². The van der Waals surface area contributed by atoms with E-state index in [1.807, 2.05) is 0 Å². The second-order valence-corrected chi connectivity index (χ2v) is 3.16. The van der Waals surface area contributed by atoms with Gasteiger partial charge in [0.2, 0.25) is 5.78 Å². The Morgan fingerprint density at radius 1 is 1.19 bits per heavy atom. The minimum absolute atomic E-state index is 0.00718. The van der Waals surface area contributed by atoms with Gasteiger partial charge in [-0.15, -0.1) is 0 Å². The lowest BCUT2D eigenvalue weighted by molar-refractivity contribution is 0.0691. The van der Waals surface area contributed by atoms with E-state index in [0.717, 1.165) is 0 Å². The van der Waals surface area contributed by atoms with Gasteiger partial charge in [0.15, 0.2) is 0 Å². The molecule has 2 N–H and O–H groups in total. The number of pyridine rings is 1. The smallest absolute Gasteiger partial charge is 0.352 e. The highest BCUT2D eigenvalue weighted by atomic mass is 16.4. The van der Waals surface area contributed by atoms with Crippen LogP contribution in [0, 0.1) is 0 Å². The van der Waals surface area contributed by atoms with E-state index in [-0.39, 0.29) is 17.2 Å². The van der Waals surface area contributed by atoms with Gasteiger partial charge in [-0.05, 0) is 24.3 Å². The number of hydrogen-bond acceptors (Lipinski definition) is 3. The van der Waals surface area contributed by atoms with Crippen molar-refractivity contribution in [2.24, 2.45) is 0 Å². The SMILES string of the molecule is O=C(O)c1ccc(C(=O)c2cccnc2)[nH]1.